The fourth-order valence-electron chi connectivity index (χ4n) is 5.57. The third-order valence-corrected chi connectivity index (χ3v) is 7.26. The molecule has 5 aromatic rings. The molecule has 2 aromatic carbocycles. The summed E-state index contributed by atoms with van der Waals surface area (Å²) >= 11 is 0. The van der Waals surface area contributed by atoms with E-state index in [1.54, 1.807) is 0 Å². The molecule has 0 saturated heterocycles. The Kier molecular flexibility index (Phi) is 4.21. The first kappa shape index (κ1) is 19.6. The second-order valence-corrected chi connectivity index (χ2v) is 9.62. The maximum atomic E-state index is 5.12. The molecule has 1 N–H and O–H groups in total. The van der Waals surface area contributed by atoms with Crippen LogP contribution in [-0.4, -0.2) is 35.2 Å². The monoisotopic (exact) mass is 447 g/mol. The van der Waals surface area contributed by atoms with E-state index in [1.807, 2.05) is 12.1 Å². The number of imidazole rings is 1. The summed E-state index contributed by atoms with van der Waals surface area (Å²) in [5, 5.41) is 14.7. The van der Waals surface area contributed by atoms with Gasteiger partial charge in [0.2, 0.25) is 5.82 Å². The lowest BCUT2D eigenvalue weighted by Crippen LogP contribution is -2.11. The first-order valence-electron chi connectivity index (χ1n) is 12.0. The van der Waals surface area contributed by atoms with Gasteiger partial charge in [-0.3, -0.25) is 0 Å². The number of hydrogen-bond donors (Lipinski definition) is 1. The van der Waals surface area contributed by atoms with Crippen LogP contribution in [0.3, 0.4) is 0 Å². The molecular formula is C27H25N7. The van der Waals surface area contributed by atoms with Crippen LogP contribution >= 0.6 is 0 Å². The molecule has 0 radical (unpaired) electrons. The molecule has 7 nitrogen and oxygen atoms in total. The summed E-state index contributed by atoms with van der Waals surface area (Å²) in [7, 11) is 0. The van der Waals surface area contributed by atoms with Gasteiger partial charge in [-0.25, -0.2) is 9.97 Å². The highest BCUT2D eigenvalue weighted by molar-refractivity contribution is 5.81. The zero-order valence-electron chi connectivity index (χ0n) is 19.3. The van der Waals surface area contributed by atoms with Crippen molar-refractivity contribution in [2.45, 2.75) is 51.5 Å². The van der Waals surface area contributed by atoms with Crippen LogP contribution in [0.2, 0.25) is 0 Å². The number of aromatic amines is 1. The van der Waals surface area contributed by atoms with Gasteiger partial charge in [-0.2, -0.15) is 5.21 Å². The van der Waals surface area contributed by atoms with Crippen molar-refractivity contribution in [3.63, 3.8) is 0 Å². The van der Waals surface area contributed by atoms with Crippen LogP contribution in [0.5, 0.6) is 0 Å². The van der Waals surface area contributed by atoms with E-state index in [0.29, 0.717) is 11.7 Å². The fourth-order valence-corrected chi connectivity index (χ4v) is 5.57. The van der Waals surface area contributed by atoms with Crippen molar-refractivity contribution < 1.29 is 0 Å². The number of H-pyrrole nitrogens is 1. The standard InChI is InChI=1S/C27H25N7/c1-15-13-16(2)28-27-24(15)29-26(17-7-8-17)34(27)23-12-10-19-14-18(9-11-21(19)23)20-5-3-4-6-22(20)25-30-32-33-31-25/h3-6,9,11,13-14,17,23H,7-8,10,12H2,1-2H3,(H,30,31,32,33). The lowest BCUT2D eigenvalue weighted by molar-refractivity contribution is 0.564. The van der Waals surface area contributed by atoms with Crippen molar-refractivity contribution in [2.75, 3.05) is 0 Å². The number of aromatic nitrogens is 7. The van der Waals surface area contributed by atoms with Gasteiger partial charge in [-0.1, -0.05) is 42.5 Å². The van der Waals surface area contributed by atoms with E-state index in [2.05, 4.69) is 75.4 Å². The average Bonchev–Trinajstić information content (AvgIpc) is 3.23. The van der Waals surface area contributed by atoms with E-state index >= 15 is 0 Å². The predicted molar refractivity (Wildman–Crippen MR) is 130 cm³/mol. The number of aryl methyl sites for hydroxylation is 3. The van der Waals surface area contributed by atoms with Crippen LogP contribution in [0.15, 0.2) is 48.5 Å². The van der Waals surface area contributed by atoms with E-state index in [0.717, 1.165) is 40.8 Å². The molecule has 0 spiro atoms. The Balaban J connectivity index is 1.35. The summed E-state index contributed by atoms with van der Waals surface area (Å²) in [6, 6.07) is 17.6. The van der Waals surface area contributed by atoms with Crippen LogP contribution in [0.1, 0.15) is 59.4 Å². The molecule has 3 aromatic heterocycles. The molecule has 0 amide bonds. The second-order valence-electron chi connectivity index (χ2n) is 9.62. The minimum Gasteiger partial charge on any atom is -0.305 e. The van der Waals surface area contributed by atoms with E-state index in [9.17, 15) is 0 Å². The summed E-state index contributed by atoms with van der Waals surface area (Å²) in [6.45, 7) is 4.23. The van der Waals surface area contributed by atoms with Crippen LogP contribution in [0.4, 0.5) is 0 Å². The minimum absolute atomic E-state index is 0.283. The molecular weight excluding hydrogens is 422 g/mol. The van der Waals surface area contributed by atoms with Gasteiger partial charge in [0.1, 0.15) is 11.3 Å². The number of tetrazole rings is 1. The van der Waals surface area contributed by atoms with Gasteiger partial charge in [0, 0.05) is 17.2 Å². The molecule has 7 heteroatoms. The molecule has 1 fully saturated rings. The largest absolute Gasteiger partial charge is 0.305 e. The third-order valence-electron chi connectivity index (χ3n) is 7.26. The highest BCUT2D eigenvalue weighted by Crippen LogP contribution is 2.46. The maximum absolute atomic E-state index is 5.12. The van der Waals surface area contributed by atoms with Gasteiger partial charge in [-0.15, -0.1) is 10.2 Å². The number of nitrogens with one attached hydrogen (secondary N) is 1. The van der Waals surface area contributed by atoms with E-state index in [4.69, 9.17) is 9.97 Å². The molecule has 1 atom stereocenters. The molecule has 2 aliphatic carbocycles. The van der Waals surface area contributed by atoms with Crippen LogP contribution < -0.4 is 0 Å². The Bertz CT molecular complexity index is 1540. The first-order valence-corrected chi connectivity index (χ1v) is 12.0. The van der Waals surface area contributed by atoms with E-state index < -0.39 is 0 Å². The third kappa shape index (κ3) is 3.00. The van der Waals surface area contributed by atoms with Gasteiger partial charge in [-0.05, 0) is 78.6 Å². The van der Waals surface area contributed by atoms with Gasteiger partial charge in [0.15, 0.2) is 5.65 Å². The van der Waals surface area contributed by atoms with Crippen molar-refractivity contribution in [3.05, 3.63) is 76.7 Å². The molecule has 3 heterocycles. The van der Waals surface area contributed by atoms with Crippen molar-refractivity contribution in [1.82, 2.24) is 35.2 Å². The highest BCUT2D eigenvalue weighted by atomic mass is 15.5. The van der Waals surface area contributed by atoms with Gasteiger partial charge in [0.25, 0.3) is 0 Å². The zero-order chi connectivity index (χ0) is 22.8. The molecule has 2 aliphatic rings. The number of fused-ring (bicyclic) bond motifs is 2. The fraction of sp³-hybridized carbons (Fsp3) is 0.296. The summed E-state index contributed by atoms with van der Waals surface area (Å²) in [5.74, 6) is 2.41. The SMILES string of the molecule is Cc1cc(C)c2nc(C3CC3)n(C3CCc4cc(-c5ccccc5-c5nn[nH]n5)ccc43)c2n1. The Morgan fingerprint density at radius 1 is 0.941 bits per heavy atom. The topological polar surface area (TPSA) is 85.2 Å². The van der Waals surface area contributed by atoms with Crippen LogP contribution in [0, 0.1) is 13.8 Å². The molecule has 1 unspecified atom stereocenters. The van der Waals surface area contributed by atoms with E-state index in [-0.39, 0.29) is 6.04 Å². The van der Waals surface area contributed by atoms with Gasteiger partial charge >= 0.3 is 0 Å². The minimum atomic E-state index is 0.283. The molecule has 1 saturated carbocycles. The Hall–Kier alpha value is -3.87. The average molecular weight is 448 g/mol. The van der Waals surface area contributed by atoms with Crippen molar-refractivity contribution >= 4 is 11.2 Å². The number of hydrogen-bond acceptors (Lipinski definition) is 5. The number of benzene rings is 2. The van der Waals surface area contributed by atoms with Gasteiger partial charge in [0.05, 0.1) is 6.04 Å². The maximum Gasteiger partial charge on any atom is 0.205 e. The van der Waals surface area contributed by atoms with Crippen LogP contribution in [-0.2, 0) is 6.42 Å². The van der Waals surface area contributed by atoms with Crippen molar-refractivity contribution in [1.29, 1.82) is 0 Å². The van der Waals surface area contributed by atoms with Crippen molar-refractivity contribution in [2.24, 2.45) is 0 Å². The number of pyridine rings is 1. The van der Waals surface area contributed by atoms with Gasteiger partial charge < -0.3 is 4.57 Å². The van der Waals surface area contributed by atoms with Crippen molar-refractivity contribution in [3.8, 4) is 22.5 Å². The predicted octanol–water partition coefficient (Wildman–Crippen LogP) is 5.31. The molecule has 168 valence electrons. The lowest BCUT2D eigenvalue weighted by Gasteiger charge is -2.18. The zero-order valence-corrected chi connectivity index (χ0v) is 19.3. The Labute approximate surface area is 197 Å². The quantitative estimate of drug-likeness (QED) is 0.404. The lowest BCUT2D eigenvalue weighted by atomic mass is 9.96. The highest BCUT2D eigenvalue weighted by Gasteiger charge is 2.35. The molecule has 7 rings (SSSR count). The Morgan fingerprint density at radius 3 is 2.59 bits per heavy atom. The summed E-state index contributed by atoms with van der Waals surface area (Å²) in [5.41, 5.74) is 10.5. The van der Waals surface area contributed by atoms with Crippen LogP contribution in [0.25, 0.3) is 33.7 Å². The van der Waals surface area contributed by atoms with E-state index in [1.165, 1.54) is 40.9 Å². The normalized spacial score (nSPS) is 17.4. The molecule has 0 bridgehead atoms. The number of nitrogens with zero attached hydrogens (tertiary/aromatic N) is 6. The molecule has 34 heavy (non-hydrogen) atoms. The molecule has 0 aliphatic heterocycles. The summed E-state index contributed by atoms with van der Waals surface area (Å²) in [4.78, 5) is 10.1. The summed E-state index contributed by atoms with van der Waals surface area (Å²) < 4.78 is 2.46. The first-order chi connectivity index (χ1) is 16.7. The number of rotatable bonds is 4. The smallest absolute Gasteiger partial charge is 0.205 e. The second kappa shape index (κ2) is 7.32. The Morgan fingerprint density at radius 2 is 1.79 bits per heavy atom. The summed E-state index contributed by atoms with van der Waals surface area (Å²) in [6.07, 6.45) is 4.58.